The van der Waals surface area contributed by atoms with E-state index in [1.165, 1.54) is 11.3 Å². The molecular weight excluding hydrogens is 276 g/mol. The molecule has 1 unspecified atom stereocenters. The van der Waals surface area contributed by atoms with Gasteiger partial charge in [0.15, 0.2) is 0 Å². The minimum Gasteiger partial charge on any atom is -0.466 e. The normalized spacial score (nSPS) is 16.6. The second kappa shape index (κ2) is 6.17. The monoisotopic (exact) mass is 294 g/mol. The van der Waals surface area contributed by atoms with Crippen LogP contribution in [-0.4, -0.2) is 32.2 Å². The van der Waals surface area contributed by atoms with E-state index in [2.05, 4.69) is 17.0 Å². The highest BCUT2D eigenvalue weighted by Crippen LogP contribution is 2.47. The Labute approximate surface area is 122 Å². The summed E-state index contributed by atoms with van der Waals surface area (Å²) in [6, 6.07) is 0. The molecule has 0 saturated heterocycles. The molecule has 0 radical (unpaired) electrons. The van der Waals surface area contributed by atoms with Crippen LogP contribution in [0.3, 0.4) is 0 Å². The minimum absolute atomic E-state index is 0.0445. The highest BCUT2D eigenvalue weighted by Gasteiger charge is 2.34. The zero-order valence-electron chi connectivity index (χ0n) is 11.7. The quantitative estimate of drug-likeness (QED) is 0.670. The number of nitrogens with zero attached hydrogens (tertiary/aromatic N) is 1. The molecule has 5 nitrogen and oxygen atoms in total. The van der Waals surface area contributed by atoms with Crippen LogP contribution in [0, 0.1) is 0 Å². The van der Waals surface area contributed by atoms with Crippen molar-refractivity contribution in [3.05, 3.63) is 16.0 Å². The molecule has 1 aromatic heterocycles. The fourth-order valence-electron chi connectivity index (χ4n) is 2.63. The maximum atomic E-state index is 12.1. The first-order valence-electron chi connectivity index (χ1n) is 6.62. The number of nitrogens with one attached hydrogen (secondary N) is 1. The molecule has 0 aliphatic heterocycles. The third kappa shape index (κ3) is 2.60. The maximum Gasteiger partial charge on any atom is 0.306 e. The summed E-state index contributed by atoms with van der Waals surface area (Å²) >= 11 is 1.49. The van der Waals surface area contributed by atoms with Gasteiger partial charge >= 0.3 is 5.97 Å². The van der Waals surface area contributed by atoms with Gasteiger partial charge in [0.1, 0.15) is 5.00 Å². The summed E-state index contributed by atoms with van der Waals surface area (Å²) in [4.78, 5) is 28.8. The van der Waals surface area contributed by atoms with E-state index in [4.69, 9.17) is 4.74 Å². The molecular formula is C14H18N2O3S. The van der Waals surface area contributed by atoms with Crippen LogP contribution in [0.2, 0.25) is 0 Å². The number of rotatable bonds is 5. The Morgan fingerprint density at radius 3 is 2.90 bits per heavy atom. The highest BCUT2D eigenvalue weighted by molar-refractivity contribution is 7.16. The first-order valence-corrected chi connectivity index (χ1v) is 7.44. The minimum atomic E-state index is -0.215. The number of esters is 1. The van der Waals surface area contributed by atoms with Gasteiger partial charge in [0.2, 0.25) is 0 Å². The first-order chi connectivity index (χ1) is 9.62. The summed E-state index contributed by atoms with van der Waals surface area (Å²) in [6.45, 7) is 5.69. The van der Waals surface area contributed by atoms with Crippen LogP contribution in [0.1, 0.15) is 46.5 Å². The molecule has 1 aliphatic carbocycles. The van der Waals surface area contributed by atoms with Crippen molar-refractivity contribution in [2.75, 3.05) is 13.7 Å². The number of aliphatic imine (C=N–C) groups is 1. The lowest BCUT2D eigenvalue weighted by molar-refractivity contribution is -0.143. The first kappa shape index (κ1) is 14.7. The van der Waals surface area contributed by atoms with Gasteiger partial charge in [0, 0.05) is 11.9 Å². The molecule has 2 rings (SSSR count). The molecule has 1 heterocycles. The summed E-state index contributed by atoms with van der Waals surface area (Å²) in [5.74, 6) is -0.337. The molecule has 0 aromatic carbocycles. The molecule has 0 fully saturated rings. The lowest BCUT2D eigenvalue weighted by atomic mass is 9.95. The van der Waals surface area contributed by atoms with Crippen molar-refractivity contribution in [1.82, 2.24) is 5.32 Å². The van der Waals surface area contributed by atoms with Crippen LogP contribution in [0.25, 0.3) is 0 Å². The van der Waals surface area contributed by atoms with Crippen molar-refractivity contribution in [2.45, 2.75) is 32.1 Å². The predicted octanol–water partition coefficient (Wildman–Crippen LogP) is 2.42. The molecule has 1 N–H and O–H groups in total. The molecule has 20 heavy (non-hydrogen) atoms. The van der Waals surface area contributed by atoms with Crippen molar-refractivity contribution in [3.63, 3.8) is 0 Å². The SMILES string of the molecule is C=Nc1sc2c(c1C(=O)NC)C(CC(=O)OCC)CC2. The Bertz CT molecular complexity index is 551. The van der Waals surface area contributed by atoms with E-state index >= 15 is 0 Å². The molecule has 1 aromatic rings. The Morgan fingerprint density at radius 2 is 2.30 bits per heavy atom. The predicted molar refractivity (Wildman–Crippen MR) is 79.2 cm³/mol. The zero-order valence-corrected chi connectivity index (χ0v) is 12.5. The number of aryl methyl sites for hydroxylation is 1. The number of hydrogen-bond donors (Lipinski definition) is 1. The topological polar surface area (TPSA) is 67.8 Å². The number of ether oxygens (including phenoxy) is 1. The standard InChI is InChI=1S/C14H18N2O3S/c1-4-19-10(17)7-8-5-6-9-11(8)12(13(18)15-2)14(16-3)20-9/h8H,3-7H2,1-2H3,(H,15,18). The van der Waals surface area contributed by atoms with Gasteiger partial charge in [0.25, 0.3) is 5.91 Å². The number of thiophene rings is 1. The smallest absolute Gasteiger partial charge is 0.306 e. The second-order valence-electron chi connectivity index (χ2n) is 4.60. The largest absolute Gasteiger partial charge is 0.466 e. The van der Waals surface area contributed by atoms with E-state index in [0.717, 1.165) is 23.3 Å². The second-order valence-corrected chi connectivity index (χ2v) is 5.68. The van der Waals surface area contributed by atoms with Crippen molar-refractivity contribution in [1.29, 1.82) is 0 Å². The Balaban J connectivity index is 2.34. The van der Waals surface area contributed by atoms with Gasteiger partial charge in [-0.1, -0.05) is 0 Å². The molecule has 1 amide bonds. The highest BCUT2D eigenvalue weighted by atomic mass is 32.1. The summed E-state index contributed by atoms with van der Waals surface area (Å²) in [6.07, 6.45) is 2.07. The van der Waals surface area contributed by atoms with Gasteiger partial charge in [-0.3, -0.25) is 14.6 Å². The summed E-state index contributed by atoms with van der Waals surface area (Å²) in [7, 11) is 1.59. The van der Waals surface area contributed by atoms with E-state index < -0.39 is 0 Å². The zero-order chi connectivity index (χ0) is 14.7. The number of fused-ring (bicyclic) bond motifs is 1. The average Bonchev–Trinajstić information content (AvgIpc) is 2.97. The van der Waals surface area contributed by atoms with Crippen LogP contribution in [-0.2, 0) is 16.0 Å². The number of amides is 1. The molecule has 6 heteroatoms. The Hall–Kier alpha value is -1.69. The van der Waals surface area contributed by atoms with E-state index in [1.807, 2.05) is 0 Å². The van der Waals surface area contributed by atoms with Crippen LogP contribution in [0.4, 0.5) is 5.00 Å². The third-order valence-electron chi connectivity index (χ3n) is 3.45. The van der Waals surface area contributed by atoms with Crippen molar-refractivity contribution in [3.8, 4) is 0 Å². The molecule has 1 aliphatic rings. The Morgan fingerprint density at radius 1 is 1.55 bits per heavy atom. The number of carbonyl (C=O) groups excluding carboxylic acids is 2. The molecule has 0 saturated carbocycles. The van der Waals surface area contributed by atoms with E-state index in [1.54, 1.807) is 14.0 Å². The van der Waals surface area contributed by atoms with Gasteiger partial charge in [-0.25, -0.2) is 0 Å². The van der Waals surface area contributed by atoms with Gasteiger partial charge < -0.3 is 10.1 Å². The Kier molecular flexibility index (Phi) is 4.54. The lowest BCUT2D eigenvalue weighted by Gasteiger charge is -2.12. The van der Waals surface area contributed by atoms with Gasteiger partial charge in [0.05, 0.1) is 18.6 Å². The van der Waals surface area contributed by atoms with Gasteiger partial charge in [-0.05, 0) is 38.0 Å². The number of carbonyl (C=O) groups is 2. The molecule has 108 valence electrons. The van der Waals surface area contributed by atoms with Gasteiger partial charge in [-0.2, -0.15) is 0 Å². The summed E-state index contributed by atoms with van der Waals surface area (Å²) < 4.78 is 5.01. The van der Waals surface area contributed by atoms with Crippen molar-refractivity contribution < 1.29 is 14.3 Å². The third-order valence-corrected chi connectivity index (χ3v) is 4.64. The van der Waals surface area contributed by atoms with E-state index in [-0.39, 0.29) is 17.8 Å². The molecule has 0 bridgehead atoms. The summed E-state index contributed by atoms with van der Waals surface area (Å²) in [5, 5.41) is 3.28. The fourth-order valence-corrected chi connectivity index (χ4v) is 3.83. The van der Waals surface area contributed by atoms with Crippen LogP contribution >= 0.6 is 11.3 Å². The summed E-state index contributed by atoms with van der Waals surface area (Å²) in [5.41, 5.74) is 1.54. The van der Waals surface area contributed by atoms with Crippen LogP contribution in [0.15, 0.2) is 4.99 Å². The van der Waals surface area contributed by atoms with Crippen molar-refractivity contribution in [2.24, 2.45) is 4.99 Å². The van der Waals surface area contributed by atoms with Crippen LogP contribution in [0.5, 0.6) is 0 Å². The lowest BCUT2D eigenvalue weighted by Crippen LogP contribution is -2.20. The van der Waals surface area contributed by atoms with Crippen molar-refractivity contribution >= 4 is 34.9 Å². The average molecular weight is 294 g/mol. The van der Waals surface area contributed by atoms with Crippen LogP contribution < -0.4 is 5.32 Å². The fraction of sp³-hybridized carbons (Fsp3) is 0.500. The van der Waals surface area contributed by atoms with E-state index in [0.29, 0.717) is 23.6 Å². The van der Waals surface area contributed by atoms with Gasteiger partial charge in [-0.15, -0.1) is 11.3 Å². The molecule has 1 atom stereocenters. The maximum absolute atomic E-state index is 12.1. The van der Waals surface area contributed by atoms with E-state index in [9.17, 15) is 9.59 Å². The number of hydrogen-bond acceptors (Lipinski definition) is 5. The molecule has 0 spiro atoms.